The van der Waals surface area contributed by atoms with Crippen molar-refractivity contribution in [3.8, 4) is 11.5 Å². The van der Waals surface area contributed by atoms with Gasteiger partial charge in [-0.25, -0.2) is 4.68 Å². The molecule has 1 aromatic carbocycles. The highest BCUT2D eigenvalue weighted by Crippen LogP contribution is 2.36. The van der Waals surface area contributed by atoms with Crippen molar-refractivity contribution in [3.05, 3.63) is 39.9 Å². The molecular weight excluding hydrogens is 436 g/mol. The van der Waals surface area contributed by atoms with E-state index < -0.39 is 0 Å². The highest BCUT2D eigenvalue weighted by Gasteiger charge is 2.33. The predicted molar refractivity (Wildman–Crippen MR) is 124 cm³/mol. The molecule has 180 valence electrons. The van der Waals surface area contributed by atoms with Gasteiger partial charge in [-0.1, -0.05) is 6.92 Å². The highest BCUT2D eigenvalue weighted by molar-refractivity contribution is 5.83. The number of tetrazole rings is 1. The number of piperidine rings is 1. The van der Waals surface area contributed by atoms with Crippen LogP contribution in [0.2, 0.25) is 0 Å². The van der Waals surface area contributed by atoms with Gasteiger partial charge in [0.15, 0.2) is 17.3 Å². The first-order valence-corrected chi connectivity index (χ1v) is 12.2. The average Bonchev–Trinajstić information content (AvgIpc) is 3.51. The fraction of sp³-hybridized carbons (Fsp3) is 0.583. The minimum Gasteiger partial charge on any atom is -0.486 e. The molecular formula is C24H30N6O4. The van der Waals surface area contributed by atoms with Gasteiger partial charge in [-0.05, 0) is 60.7 Å². The number of benzene rings is 1. The molecule has 0 spiro atoms. The lowest BCUT2D eigenvalue weighted by atomic mass is 9.95. The quantitative estimate of drug-likeness (QED) is 0.610. The van der Waals surface area contributed by atoms with Crippen LogP contribution in [0.1, 0.15) is 50.0 Å². The zero-order valence-electron chi connectivity index (χ0n) is 19.4. The summed E-state index contributed by atoms with van der Waals surface area (Å²) >= 11 is 0. The molecule has 10 heteroatoms. The van der Waals surface area contributed by atoms with Crippen molar-refractivity contribution in [1.29, 1.82) is 0 Å². The molecule has 0 unspecified atom stereocenters. The number of likely N-dealkylation sites (tertiary alicyclic amines) is 1. The molecule has 3 aliphatic heterocycles. The summed E-state index contributed by atoms with van der Waals surface area (Å²) in [5, 5.41) is 13.6. The van der Waals surface area contributed by atoms with Gasteiger partial charge in [0.2, 0.25) is 0 Å². The molecule has 2 fully saturated rings. The third kappa shape index (κ3) is 4.05. The number of aromatic nitrogens is 5. The Morgan fingerprint density at radius 3 is 2.76 bits per heavy atom. The van der Waals surface area contributed by atoms with E-state index in [0.29, 0.717) is 48.6 Å². The minimum atomic E-state index is -0.347. The van der Waals surface area contributed by atoms with E-state index in [1.807, 2.05) is 22.9 Å². The Balaban J connectivity index is 1.45. The third-order valence-electron chi connectivity index (χ3n) is 7.09. The lowest BCUT2D eigenvalue weighted by Gasteiger charge is -2.36. The summed E-state index contributed by atoms with van der Waals surface area (Å²) in [5.74, 6) is 2.58. The first-order chi connectivity index (χ1) is 16.7. The normalized spacial score (nSPS) is 23.9. The van der Waals surface area contributed by atoms with E-state index in [2.05, 4.69) is 32.3 Å². The lowest BCUT2D eigenvalue weighted by Crippen LogP contribution is -2.41. The fourth-order valence-electron chi connectivity index (χ4n) is 5.44. The Morgan fingerprint density at radius 2 is 1.97 bits per heavy atom. The standard InChI is InChI=1S/C24H30N6O4/c1-15-4-2-6-29(13-15)22(23-26-27-28-30(23)14-17-5-3-7-32-17)18-10-16-11-20-21(34-9-8-33-20)12-19(16)25-24(18)31/h10-12,15,17,22H,2-9,13-14H2,1H3,(H,25,31)/t15-,17+,22+/m1/s1. The molecule has 0 radical (unpaired) electrons. The van der Waals surface area contributed by atoms with Crippen LogP contribution in [0, 0.1) is 5.92 Å². The fourth-order valence-corrected chi connectivity index (χ4v) is 5.44. The van der Waals surface area contributed by atoms with Crippen molar-refractivity contribution in [3.63, 3.8) is 0 Å². The number of aromatic amines is 1. The maximum atomic E-state index is 13.5. The molecule has 0 aliphatic carbocycles. The average molecular weight is 467 g/mol. The van der Waals surface area contributed by atoms with Crippen LogP contribution in [0.4, 0.5) is 0 Å². The molecule has 5 heterocycles. The maximum Gasteiger partial charge on any atom is 0.253 e. The van der Waals surface area contributed by atoms with Crippen LogP contribution in [0.25, 0.3) is 10.9 Å². The molecule has 3 aliphatic rings. The topological polar surface area (TPSA) is 107 Å². The second-order valence-electron chi connectivity index (χ2n) is 9.64. The van der Waals surface area contributed by atoms with Gasteiger partial charge in [0, 0.05) is 30.2 Å². The molecule has 0 saturated carbocycles. The Hall–Kier alpha value is -2.98. The summed E-state index contributed by atoms with van der Waals surface area (Å²) in [6.07, 6.45) is 4.41. The minimum absolute atomic E-state index is 0.0988. The first kappa shape index (κ1) is 21.5. The van der Waals surface area contributed by atoms with Crippen LogP contribution in [-0.4, -0.2) is 69.1 Å². The molecule has 0 amide bonds. The van der Waals surface area contributed by atoms with Crippen molar-refractivity contribution in [2.45, 2.75) is 51.3 Å². The molecule has 2 saturated heterocycles. The number of ether oxygens (including phenoxy) is 3. The van der Waals surface area contributed by atoms with E-state index in [-0.39, 0.29) is 17.7 Å². The molecule has 1 N–H and O–H groups in total. The Bertz CT molecular complexity index is 1230. The van der Waals surface area contributed by atoms with Gasteiger partial charge in [0.25, 0.3) is 5.56 Å². The lowest BCUT2D eigenvalue weighted by molar-refractivity contribution is 0.0889. The van der Waals surface area contributed by atoms with Crippen LogP contribution in [0.15, 0.2) is 23.0 Å². The van der Waals surface area contributed by atoms with Crippen LogP contribution in [0.5, 0.6) is 11.5 Å². The summed E-state index contributed by atoms with van der Waals surface area (Å²) in [4.78, 5) is 18.9. The van der Waals surface area contributed by atoms with E-state index in [4.69, 9.17) is 14.2 Å². The summed E-state index contributed by atoms with van der Waals surface area (Å²) in [6.45, 7) is 6.41. The Labute approximate surface area is 197 Å². The van der Waals surface area contributed by atoms with Crippen molar-refractivity contribution in [1.82, 2.24) is 30.1 Å². The zero-order chi connectivity index (χ0) is 23.1. The van der Waals surface area contributed by atoms with Crippen LogP contribution < -0.4 is 15.0 Å². The Kier molecular flexibility index (Phi) is 5.70. The van der Waals surface area contributed by atoms with Gasteiger partial charge in [-0.15, -0.1) is 5.10 Å². The van der Waals surface area contributed by atoms with E-state index >= 15 is 0 Å². The van der Waals surface area contributed by atoms with Crippen LogP contribution in [0.3, 0.4) is 0 Å². The molecule has 6 rings (SSSR count). The summed E-state index contributed by atoms with van der Waals surface area (Å²) in [7, 11) is 0. The van der Waals surface area contributed by atoms with Crippen molar-refractivity contribution in [2.75, 3.05) is 32.9 Å². The number of pyridine rings is 1. The largest absolute Gasteiger partial charge is 0.486 e. The van der Waals surface area contributed by atoms with Gasteiger partial charge in [0.1, 0.15) is 19.3 Å². The van der Waals surface area contributed by atoms with E-state index in [1.165, 1.54) is 6.42 Å². The SMILES string of the molecule is C[C@@H]1CCCN([C@@H](c2cc3cc4c(cc3[nH]c2=O)OCCO4)c2nnnn2C[C@@H]2CCCO2)C1. The van der Waals surface area contributed by atoms with E-state index in [9.17, 15) is 4.79 Å². The molecule has 34 heavy (non-hydrogen) atoms. The van der Waals surface area contributed by atoms with Crippen molar-refractivity contribution < 1.29 is 14.2 Å². The molecule has 2 aromatic heterocycles. The van der Waals surface area contributed by atoms with Gasteiger partial charge in [-0.3, -0.25) is 9.69 Å². The van der Waals surface area contributed by atoms with Gasteiger partial charge < -0.3 is 19.2 Å². The van der Waals surface area contributed by atoms with Crippen molar-refractivity contribution >= 4 is 10.9 Å². The summed E-state index contributed by atoms with van der Waals surface area (Å²) in [5.41, 5.74) is 1.23. The smallest absolute Gasteiger partial charge is 0.253 e. The number of nitrogens with one attached hydrogen (secondary N) is 1. The zero-order valence-corrected chi connectivity index (χ0v) is 19.4. The number of H-pyrrole nitrogens is 1. The van der Waals surface area contributed by atoms with Crippen LogP contribution in [-0.2, 0) is 11.3 Å². The number of hydrogen-bond donors (Lipinski definition) is 1. The third-order valence-corrected chi connectivity index (χ3v) is 7.09. The van der Waals surface area contributed by atoms with E-state index in [1.54, 1.807) is 0 Å². The van der Waals surface area contributed by atoms with Crippen LogP contribution >= 0.6 is 0 Å². The van der Waals surface area contributed by atoms with Crippen molar-refractivity contribution in [2.24, 2.45) is 5.92 Å². The van der Waals surface area contributed by atoms with Gasteiger partial charge in [0.05, 0.1) is 18.2 Å². The summed E-state index contributed by atoms with van der Waals surface area (Å²) in [6, 6.07) is 5.39. The summed E-state index contributed by atoms with van der Waals surface area (Å²) < 4.78 is 19.1. The monoisotopic (exact) mass is 466 g/mol. The molecule has 0 bridgehead atoms. The van der Waals surface area contributed by atoms with Gasteiger partial charge >= 0.3 is 0 Å². The van der Waals surface area contributed by atoms with E-state index in [0.717, 1.165) is 49.9 Å². The maximum absolute atomic E-state index is 13.5. The second kappa shape index (κ2) is 8.99. The predicted octanol–water partition coefficient (Wildman–Crippen LogP) is 2.29. The number of hydrogen-bond acceptors (Lipinski definition) is 8. The number of nitrogens with zero attached hydrogens (tertiary/aromatic N) is 5. The second-order valence-corrected chi connectivity index (χ2v) is 9.64. The first-order valence-electron chi connectivity index (χ1n) is 12.2. The molecule has 3 atom stereocenters. The Morgan fingerprint density at radius 1 is 1.12 bits per heavy atom. The molecule has 3 aromatic rings. The highest BCUT2D eigenvalue weighted by atomic mass is 16.6. The van der Waals surface area contributed by atoms with Gasteiger partial charge in [-0.2, -0.15) is 0 Å². The number of fused-ring (bicyclic) bond motifs is 2. The molecule has 10 nitrogen and oxygen atoms in total. The number of rotatable bonds is 5.